The minimum absolute atomic E-state index is 0.0679. The van der Waals surface area contributed by atoms with Crippen LogP contribution in [0.2, 0.25) is 0 Å². The molecule has 2 rings (SSSR count). The number of benzene rings is 1. The summed E-state index contributed by atoms with van der Waals surface area (Å²) in [5, 5.41) is 11.1. The van der Waals surface area contributed by atoms with Gasteiger partial charge in [0.1, 0.15) is 10.7 Å². The largest absolute Gasteiger partial charge is 0.384 e. The lowest BCUT2D eigenvalue weighted by Crippen LogP contribution is -2.13. The molecule has 0 aliphatic carbocycles. The van der Waals surface area contributed by atoms with E-state index in [1.54, 1.807) is 31.3 Å². The molecule has 0 fully saturated rings. The van der Waals surface area contributed by atoms with E-state index in [0.717, 1.165) is 0 Å². The molecule has 1 aromatic carbocycles. The topological polar surface area (TPSA) is 114 Å². The number of amidine groups is 1. The predicted octanol–water partition coefficient (Wildman–Crippen LogP) is 0.505. The van der Waals surface area contributed by atoms with Crippen LogP contribution in [0.5, 0.6) is 0 Å². The summed E-state index contributed by atoms with van der Waals surface area (Å²) < 4.78 is 27.8. The zero-order valence-corrected chi connectivity index (χ0v) is 11.0. The highest BCUT2D eigenvalue weighted by atomic mass is 32.2. The van der Waals surface area contributed by atoms with Crippen LogP contribution in [0.1, 0.15) is 5.56 Å². The smallest absolute Gasteiger partial charge is 0.265 e. The fraction of sp³-hybridized carbons (Fsp3) is 0.0909. The average Bonchev–Trinajstić information content (AvgIpc) is 2.77. The molecule has 0 amide bonds. The Bertz CT molecular complexity index is 703. The minimum Gasteiger partial charge on any atom is -0.384 e. The molecule has 0 aliphatic heterocycles. The molecule has 19 heavy (non-hydrogen) atoms. The van der Waals surface area contributed by atoms with E-state index in [9.17, 15) is 8.42 Å². The van der Waals surface area contributed by atoms with E-state index in [-0.39, 0.29) is 10.7 Å². The Balaban J connectivity index is 2.23. The van der Waals surface area contributed by atoms with Crippen LogP contribution < -0.4 is 10.5 Å². The molecule has 0 atom stereocenters. The Kier molecular flexibility index (Phi) is 3.26. The number of sulfonamides is 1. The highest BCUT2D eigenvalue weighted by molar-refractivity contribution is 7.92. The van der Waals surface area contributed by atoms with Gasteiger partial charge in [-0.2, -0.15) is 5.10 Å². The van der Waals surface area contributed by atoms with Crippen molar-refractivity contribution < 1.29 is 8.42 Å². The predicted molar refractivity (Wildman–Crippen MR) is 71.5 cm³/mol. The Morgan fingerprint density at radius 2 is 2.00 bits per heavy atom. The van der Waals surface area contributed by atoms with Crippen molar-refractivity contribution >= 4 is 21.5 Å². The van der Waals surface area contributed by atoms with Gasteiger partial charge in [-0.15, -0.1) is 0 Å². The first kappa shape index (κ1) is 13.1. The van der Waals surface area contributed by atoms with Gasteiger partial charge in [0.15, 0.2) is 0 Å². The number of nitrogens with two attached hydrogens (primary N) is 1. The number of aryl methyl sites for hydroxylation is 1. The lowest BCUT2D eigenvalue weighted by Gasteiger charge is -2.06. The molecular weight excluding hydrogens is 266 g/mol. The molecule has 8 heteroatoms. The third kappa shape index (κ3) is 2.91. The van der Waals surface area contributed by atoms with Crippen LogP contribution in [0.3, 0.4) is 0 Å². The highest BCUT2D eigenvalue weighted by Crippen LogP contribution is 2.15. The van der Waals surface area contributed by atoms with Crippen LogP contribution in [-0.2, 0) is 17.1 Å². The van der Waals surface area contributed by atoms with Crippen LogP contribution in [0.15, 0.2) is 41.6 Å². The van der Waals surface area contributed by atoms with Crippen molar-refractivity contribution in [3.63, 3.8) is 0 Å². The first-order valence-electron chi connectivity index (χ1n) is 5.34. The van der Waals surface area contributed by atoms with Crippen LogP contribution >= 0.6 is 0 Å². The van der Waals surface area contributed by atoms with Gasteiger partial charge >= 0.3 is 0 Å². The Morgan fingerprint density at radius 1 is 1.37 bits per heavy atom. The van der Waals surface area contributed by atoms with Crippen LogP contribution in [0.25, 0.3) is 0 Å². The van der Waals surface area contributed by atoms with E-state index >= 15 is 0 Å². The number of nitrogens with zero attached hydrogens (tertiary/aromatic N) is 2. The molecule has 1 heterocycles. The molecule has 0 unspecified atom stereocenters. The van der Waals surface area contributed by atoms with Crippen molar-refractivity contribution in [2.24, 2.45) is 12.8 Å². The van der Waals surface area contributed by atoms with Crippen LogP contribution in [0, 0.1) is 5.41 Å². The lowest BCUT2D eigenvalue weighted by molar-refractivity contribution is 0.601. The number of rotatable bonds is 4. The van der Waals surface area contributed by atoms with Crippen molar-refractivity contribution in [2.75, 3.05) is 4.72 Å². The first-order chi connectivity index (χ1) is 8.88. The zero-order chi connectivity index (χ0) is 14.0. The number of hydrogen-bond donors (Lipinski definition) is 3. The summed E-state index contributed by atoms with van der Waals surface area (Å²) in [6, 6.07) is 6.24. The van der Waals surface area contributed by atoms with Gasteiger partial charge in [0.25, 0.3) is 10.0 Å². The third-order valence-corrected chi connectivity index (χ3v) is 3.78. The molecule has 100 valence electrons. The summed E-state index contributed by atoms with van der Waals surface area (Å²) >= 11 is 0. The molecule has 2 aromatic rings. The van der Waals surface area contributed by atoms with Crippen LogP contribution in [-0.4, -0.2) is 24.0 Å². The van der Waals surface area contributed by atoms with Crippen molar-refractivity contribution in [3.05, 3.63) is 42.2 Å². The molecule has 0 saturated heterocycles. The number of hydrogen-bond acceptors (Lipinski definition) is 4. The summed E-state index contributed by atoms with van der Waals surface area (Å²) in [4.78, 5) is 0.0886. The summed E-state index contributed by atoms with van der Waals surface area (Å²) in [5.41, 5.74) is 6.25. The quantitative estimate of drug-likeness (QED) is 0.558. The fourth-order valence-corrected chi connectivity index (χ4v) is 2.51. The maximum Gasteiger partial charge on any atom is 0.265 e. The Morgan fingerprint density at radius 3 is 2.47 bits per heavy atom. The number of aromatic nitrogens is 2. The average molecular weight is 279 g/mol. The van der Waals surface area contributed by atoms with Gasteiger partial charge in [-0.1, -0.05) is 0 Å². The SMILES string of the molecule is Cn1cc(S(=O)(=O)Nc2ccc(C(=N)N)cc2)cn1. The highest BCUT2D eigenvalue weighted by Gasteiger charge is 2.15. The number of anilines is 1. The second-order valence-electron chi connectivity index (χ2n) is 3.95. The second kappa shape index (κ2) is 4.73. The van der Waals surface area contributed by atoms with Gasteiger partial charge in [0.2, 0.25) is 0 Å². The maximum absolute atomic E-state index is 12.0. The molecule has 0 radical (unpaired) electrons. The summed E-state index contributed by atoms with van der Waals surface area (Å²) in [6.07, 6.45) is 2.68. The van der Waals surface area contributed by atoms with Crippen molar-refractivity contribution in [1.29, 1.82) is 5.41 Å². The molecule has 4 N–H and O–H groups in total. The third-order valence-electron chi connectivity index (χ3n) is 2.44. The van der Waals surface area contributed by atoms with Gasteiger partial charge in [-0.05, 0) is 24.3 Å². The molecule has 0 aliphatic rings. The standard InChI is InChI=1S/C11H13N5O2S/c1-16-7-10(6-14-16)19(17,18)15-9-4-2-8(3-5-9)11(12)13/h2-7,15H,1H3,(H3,12,13). The van der Waals surface area contributed by atoms with E-state index in [4.69, 9.17) is 11.1 Å². The van der Waals surface area contributed by atoms with Gasteiger partial charge in [0, 0.05) is 24.5 Å². The lowest BCUT2D eigenvalue weighted by atomic mass is 10.2. The molecule has 0 saturated carbocycles. The fourth-order valence-electron chi connectivity index (χ4n) is 1.47. The van der Waals surface area contributed by atoms with E-state index < -0.39 is 10.0 Å². The van der Waals surface area contributed by atoms with Crippen LogP contribution in [0.4, 0.5) is 5.69 Å². The van der Waals surface area contributed by atoms with E-state index in [1.807, 2.05) is 0 Å². The molecule has 0 spiro atoms. The number of nitrogens with one attached hydrogen (secondary N) is 2. The first-order valence-corrected chi connectivity index (χ1v) is 6.83. The van der Waals surface area contributed by atoms with Gasteiger partial charge in [0.05, 0.1) is 6.20 Å². The van der Waals surface area contributed by atoms with E-state index in [1.165, 1.54) is 17.1 Å². The van der Waals surface area contributed by atoms with E-state index in [0.29, 0.717) is 11.3 Å². The monoisotopic (exact) mass is 279 g/mol. The Labute approximate surface area is 110 Å². The molecule has 0 bridgehead atoms. The maximum atomic E-state index is 12.0. The molecule has 7 nitrogen and oxygen atoms in total. The number of nitrogen functional groups attached to an aromatic ring is 1. The van der Waals surface area contributed by atoms with E-state index in [2.05, 4.69) is 9.82 Å². The normalized spacial score (nSPS) is 11.2. The van der Waals surface area contributed by atoms with Gasteiger partial charge in [-0.3, -0.25) is 14.8 Å². The van der Waals surface area contributed by atoms with Crippen molar-refractivity contribution in [2.45, 2.75) is 4.90 Å². The van der Waals surface area contributed by atoms with Gasteiger partial charge in [-0.25, -0.2) is 8.42 Å². The Hall–Kier alpha value is -2.35. The van der Waals surface area contributed by atoms with Gasteiger partial charge < -0.3 is 5.73 Å². The second-order valence-corrected chi connectivity index (χ2v) is 5.63. The molecular formula is C11H13N5O2S. The van der Waals surface area contributed by atoms with Crippen molar-refractivity contribution in [1.82, 2.24) is 9.78 Å². The summed E-state index contributed by atoms with van der Waals surface area (Å²) in [5.74, 6) is -0.0679. The minimum atomic E-state index is -3.64. The summed E-state index contributed by atoms with van der Waals surface area (Å²) in [7, 11) is -2.00. The van der Waals surface area contributed by atoms with Crippen molar-refractivity contribution in [3.8, 4) is 0 Å². The molecule has 1 aromatic heterocycles. The summed E-state index contributed by atoms with van der Waals surface area (Å²) in [6.45, 7) is 0. The zero-order valence-electron chi connectivity index (χ0n) is 10.2.